The monoisotopic (exact) mass is 306 g/mol. The van der Waals surface area contributed by atoms with Crippen molar-refractivity contribution in [1.29, 1.82) is 0 Å². The molecule has 0 radical (unpaired) electrons. The van der Waals surface area contributed by atoms with Crippen LogP contribution in [0.5, 0.6) is 0 Å². The van der Waals surface area contributed by atoms with Gasteiger partial charge in [0.15, 0.2) is 0 Å². The number of carbonyl (C=O) groups is 1. The second kappa shape index (κ2) is 6.45. The SMILES string of the molecule is Cc1ccc2c(N)c(C(=O)NC(CCO)C(C)C)sc2c1. The second-order valence-electron chi connectivity index (χ2n) is 5.68. The van der Waals surface area contributed by atoms with Crippen molar-refractivity contribution in [2.75, 3.05) is 12.3 Å². The third-order valence-electron chi connectivity index (χ3n) is 3.65. The number of nitrogens with one attached hydrogen (secondary N) is 1. The summed E-state index contributed by atoms with van der Waals surface area (Å²) < 4.78 is 1.03. The summed E-state index contributed by atoms with van der Waals surface area (Å²) in [7, 11) is 0. The van der Waals surface area contributed by atoms with Gasteiger partial charge in [-0.25, -0.2) is 0 Å². The average molecular weight is 306 g/mol. The maximum absolute atomic E-state index is 12.4. The van der Waals surface area contributed by atoms with Crippen LogP contribution in [0.2, 0.25) is 0 Å². The number of nitrogens with two attached hydrogens (primary N) is 1. The van der Waals surface area contributed by atoms with Crippen LogP contribution >= 0.6 is 11.3 Å². The van der Waals surface area contributed by atoms with Gasteiger partial charge in [-0.2, -0.15) is 0 Å². The van der Waals surface area contributed by atoms with E-state index in [4.69, 9.17) is 10.8 Å². The van der Waals surface area contributed by atoms with Gasteiger partial charge in [0, 0.05) is 22.7 Å². The van der Waals surface area contributed by atoms with Crippen LogP contribution in [0, 0.1) is 12.8 Å². The van der Waals surface area contributed by atoms with Crippen LogP contribution in [0.15, 0.2) is 18.2 Å². The normalized spacial score (nSPS) is 12.8. The van der Waals surface area contributed by atoms with Crippen molar-refractivity contribution < 1.29 is 9.90 Å². The molecule has 1 unspecified atom stereocenters. The fourth-order valence-electron chi connectivity index (χ4n) is 2.34. The maximum atomic E-state index is 12.4. The summed E-state index contributed by atoms with van der Waals surface area (Å²) in [5, 5.41) is 13.0. The van der Waals surface area contributed by atoms with Gasteiger partial charge in [0.25, 0.3) is 5.91 Å². The zero-order valence-corrected chi connectivity index (χ0v) is 13.5. The number of fused-ring (bicyclic) bond motifs is 1. The molecule has 114 valence electrons. The molecule has 0 spiro atoms. The molecule has 0 saturated heterocycles. The van der Waals surface area contributed by atoms with Crippen LogP contribution in [0.1, 0.15) is 35.5 Å². The molecule has 1 atom stereocenters. The molecule has 0 saturated carbocycles. The molecule has 1 aromatic carbocycles. The lowest BCUT2D eigenvalue weighted by atomic mass is 10.0. The Bertz CT molecular complexity index is 649. The summed E-state index contributed by atoms with van der Waals surface area (Å²) in [6.45, 7) is 6.13. The Morgan fingerprint density at radius 3 is 2.76 bits per heavy atom. The molecule has 4 N–H and O–H groups in total. The summed E-state index contributed by atoms with van der Waals surface area (Å²) in [5.74, 6) is 0.109. The first-order valence-electron chi connectivity index (χ1n) is 7.14. The number of anilines is 1. The number of amides is 1. The Labute approximate surface area is 129 Å². The summed E-state index contributed by atoms with van der Waals surface area (Å²) in [6, 6.07) is 5.95. The van der Waals surface area contributed by atoms with E-state index in [0.717, 1.165) is 15.6 Å². The molecule has 2 aromatic rings. The van der Waals surface area contributed by atoms with Gasteiger partial charge in [0.05, 0.1) is 5.69 Å². The van der Waals surface area contributed by atoms with Crippen LogP contribution in [-0.2, 0) is 0 Å². The molecule has 1 heterocycles. The molecule has 1 aromatic heterocycles. The molecule has 21 heavy (non-hydrogen) atoms. The maximum Gasteiger partial charge on any atom is 0.263 e. The molecule has 0 aliphatic carbocycles. The average Bonchev–Trinajstić information content (AvgIpc) is 2.74. The van der Waals surface area contributed by atoms with Crippen molar-refractivity contribution >= 4 is 33.0 Å². The quantitative estimate of drug-likeness (QED) is 0.795. The number of aliphatic hydroxyl groups excluding tert-OH is 1. The standard InChI is InChI=1S/C16H22N2O2S/c1-9(2)12(6-7-19)18-16(20)15-14(17)11-5-4-10(3)8-13(11)21-15/h4-5,8-9,12,19H,6-7,17H2,1-3H3,(H,18,20). The van der Waals surface area contributed by atoms with Gasteiger partial charge in [-0.15, -0.1) is 11.3 Å². The zero-order valence-electron chi connectivity index (χ0n) is 12.6. The number of aliphatic hydroxyl groups is 1. The highest BCUT2D eigenvalue weighted by molar-refractivity contribution is 7.21. The topological polar surface area (TPSA) is 75.4 Å². The third kappa shape index (κ3) is 3.36. The zero-order chi connectivity index (χ0) is 15.6. The summed E-state index contributed by atoms with van der Waals surface area (Å²) >= 11 is 1.42. The predicted molar refractivity (Wildman–Crippen MR) is 88.8 cm³/mol. The molecule has 4 nitrogen and oxygen atoms in total. The van der Waals surface area contributed by atoms with Crippen molar-refractivity contribution in [2.24, 2.45) is 5.92 Å². The molecule has 2 rings (SSSR count). The first-order chi connectivity index (χ1) is 9.93. The first kappa shape index (κ1) is 15.8. The van der Waals surface area contributed by atoms with Gasteiger partial charge in [-0.3, -0.25) is 4.79 Å². The Balaban J connectivity index is 2.28. The van der Waals surface area contributed by atoms with Gasteiger partial charge in [-0.1, -0.05) is 26.0 Å². The van der Waals surface area contributed by atoms with E-state index < -0.39 is 0 Å². The lowest BCUT2D eigenvalue weighted by Gasteiger charge is -2.21. The first-order valence-corrected chi connectivity index (χ1v) is 7.96. The number of hydrogen-bond acceptors (Lipinski definition) is 4. The van der Waals surface area contributed by atoms with Crippen LogP contribution in [0.25, 0.3) is 10.1 Å². The minimum atomic E-state index is -0.154. The minimum absolute atomic E-state index is 0.0474. The van der Waals surface area contributed by atoms with Gasteiger partial charge in [0.2, 0.25) is 0 Å². The molecule has 0 aliphatic heterocycles. The molecule has 1 amide bonds. The summed E-state index contributed by atoms with van der Waals surface area (Å²) in [6.07, 6.45) is 0.549. The highest BCUT2D eigenvalue weighted by Crippen LogP contribution is 2.34. The Morgan fingerprint density at radius 2 is 2.14 bits per heavy atom. The molecular formula is C16H22N2O2S. The predicted octanol–water partition coefficient (Wildman–Crippen LogP) is 2.93. The Kier molecular flexibility index (Phi) is 4.85. The highest BCUT2D eigenvalue weighted by atomic mass is 32.1. The number of rotatable bonds is 5. The fraction of sp³-hybridized carbons (Fsp3) is 0.438. The molecule has 5 heteroatoms. The second-order valence-corrected chi connectivity index (χ2v) is 6.73. The number of thiophene rings is 1. The summed E-state index contributed by atoms with van der Waals surface area (Å²) in [4.78, 5) is 13.0. The minimum Gasteiger partial charge on any atom is -0.397 e. The van der Waals surface area contributed by atoms with Crippen molar-refractivity contribution in [3.05, 3.63) is 28.6 Å². The van der Waals surface area contributed by atoms with E-state index in [2.05, 4.69) is 5.32 Å². The van der Waals surface area contributed by atoms with Gasteiger partial charge >= 0.3 is 0 Å². The number of nitrogen functional groups attached to an aromatic ring is 1. The van der Waals surface area contributed by atoms with Crippen LogP contribution < -0.4 is 11.1 Å². The number of benzene rings is 1. The van der Waals surface area contributed by atoms with E-state index in [9.17, 15) is 4.79 Å². The highest BCUT2D eigenvalue weighted by Gasteiger charge is 2.21. The fourth-order valence-corrected chi connectivity index (χ4v) is 3.46. The van der Waals surface area contributed by atoms with Crippen molar-refractivity contribution in [3.8, 4) is 0 Å². The Morgan fingerprint density at radius 1 is 1.43 bits per heavy atom. The van der Waals surface area contributed by atoms with Crippen LogP contribution in [0.3, 0.4) is 0 Å². The van der Waals surface area contributed by atoms with E-state index in [1.54, 1.807) is 0 Å². The lowest BCUT2D eigenvalue weighted by molar-refractivity contribution is 0.0921. The lowest BCUT2D eigenvalue weighted by Crippen LogP contribution is -2.39. The molecule has 0 bridgehead atoms. The van der Waals surface area contributed by atoms with Gasteiger partial charge in [0.1, 0.15) is 4.88 Å². The Hall–Kier alpha value is -1.59. The van der Waals surface area contributed by atoms with Crippen LogP contribution in [0.4, 0.5) is 5.69 Å². The number of carbonyl (C=O) groups excluding carboxylic acids is 1. The van der Waals surface area contributed by atoms with Crippen molar-refractivity contribution in [2.45, 2.75) is 33.2 Å². The number of hydrogen-bond donors (Lipinski definition) is 3. The van der Waals surface area contributed by atoms with Gasteiger partial charge in [-0.05, 0) is 30.9 Å². The van der Waals surface area contributed by atoms with E-state index in [0.29, 0.717) is 17.0 Å². The van der Waals surface area contributed by atoms with Crippen LogP contribution in [-0.4, -0.2) is 23.7 Å². The van der Waals surface area contributed by atoms with E-state index in [1.165, 1.54) is 11.3 Å². The molecule has 0 fully saturated rings. The smallest absolute Gasteiger partial charge is 0.263 e. The van der Waals surface area contributed by atoms with E-state index >= 15 is 0 Å². The van der Waals surface area contributed by atoms with Crippen molar-refractivity contribution in [1.82, 2.24) is 5.32 Å². The van der Waals surface area contributed by atoms with E-state index in [1.807, 2.05) is 39.0 Å². The summed E-state index contributed by atoms with van der Waals surface area (Å²) in [5.41, 5.74) is 7.81. The van der Waals surface area contributed by atoms with Gasteiger partial charge < -0.3 is 16.2 Å². The van der Waals surface area contributed by atoms with Crippen molar-refractivity contribution in [3.63, 3.8) is 0 Å². The largest absolute Gasteiger partial charge is 0.397 e. The molecular weight excluding hydrogens is 284 g/mol. The third-order valence-corrected chi connectivity index (χ3v) is 4.82. The number of aryl methyl sites for hydroxylation is 1. The molecule has 0 aliphatic rings. The van der Waals surface area contributed by atoms with E-state index in [-0.39, 0.29) is 24.5 Å².